The monoisotopic (exact) mass is 229 g/mol. The fraction of sp³-hybridized carbons (Fsp3) is 0.300. The first-order valence-electron chi connectivity index (χ1n) is 4.46. The molecule has 0 fully saturated rings. The van der Waals surface area contributed by atoms with Crippen LogP contribution < -0.4 is 10.5 Å². The Morgan fingerprint density at radius 3 is 2.80 bits per heavy atom. The Hall–Kier alpha value is -1.26. The van der Waals surface area contributed by atoms with Gasteiger partial charge in [0, 0.05) is 11.6 Å². The molecule has 3 N–H and O–H groups in total. The summed E-state index contributed by atoms with van der Waals surface area (Å²) in [6.07, 6.45) is -0.0315. The summed E-state index contributed by atoms with van der Waals surface area (Å²) in [5.41, 5.74) is 6.27. The van der Waals surface area contributed by atoms with Gasteiger partial charge in [-0.3, -0.25) is 4.79 Å². The maximum atomic E-state index is 10.2. The van der Waals surface area contributed by atoms with Crippen LogP contribution in [0.25, 0.3) is 0 Å². The van der Waals surface area contributed by atoms with Crippen molar-refractivity contribution >= 4 is 17.6 Å². The van der Waals surface area contributed by atoms with Crippen LogP contribution in [0.5, 0.6) is 5.75 Å². The first-order chi connectivity index (χ1) is 7.13. The maximum absolute atomic E-state index is 10.2. The zero-order valence-electron chi connectivity index (χ0n) is 8.07. The molecule has 0 aliphatic carbocycles. The van der Waals surface area contributed by atoms with Crippen LogP contribution in [-0.2, 0) is 11.3 Å². The minimum absolute atomic E-state index is 0.0315. The van der Waals surface area contributed by atoms with Gasteiger partial charge in [0.05, 0.1) is 13.0 Å². The van der Waals surface area contributed by atoms with Gasteiger partial charge >= 0.3 is 5.97 Å². The lowest BCUT2D eigenvalue weighted by molar-refractivity contribution is -0.137. The van der Waals surface area contributed by atoms with Crippen LogP contribution in [0.15, 0.2) is 18.2 Å². The van der Waals surface area contributed by atoms with E-state index < -0.39 is 5.97 Å². The zero-order chi connectivity index (χ0) is 11.3. The molecular weight excluding hydrogens is 218 g/mol. The van der Waals surface area contributed by atoms with Gasteiger partial charge in [0.25, 0.3) is 0 Å². The van der Waals surface area contributed by atoms with Crippen LogP contribution in [-0.4, -0.2) is 17.7 Å². The molecule has 1 rings (SSSR count). The molecule has 0 unspecified atom stereocenters. The molecular formula is C10H12ClNO3. The predicted octanol–water partition coefficient (Wildman–Crippen LogP) is 1.65. The molecule has 0 atom stereocenters. The molecule has 0 bridgehead atoms. The minimum atomic E-state index is -0.889. The topological polar surface area (TPSA) is 72.5 Å². The van der Waals surface area contributed by atoms with E-state index in [1.54, 1.807) is 18.2 Å². The van der Waals surface area contributed by atoms with Gasteiger partial charge in [-0.05, 0) is 17.7 Å². The lowest BCUT2D eigenvalue weighted by Gasteiger charge is -2.06. The molecule has 0 spiro atoms. The van der Waals surface area contributed by atoms with E-state index in [-0.39, 0.29) is 13.0 Å². The number of carboxylic acid groups (broad SMARTS) is 1. The SMILES string of the molecule is NCc1ccc(OCCC(=O)O)cc1Cl. The van der Waals surface area contributed by atoms with Crippen LogP contribution in [0.3, 0.4) is 0 Å². The van der Waals surface area contributed by atoms with Crippen molar-refractivity contribution in [3.8, 4) is 5.75 Å². The van der Waals surface area contributed by atoms with Crippen molar-refractivity contribution in [2.45, 2.75) is 13.0 Å². The highest BCUT2D eigenvalue weighted by molar-refractivity contribution is 6.31. The van der Waals surface area contributed by atoms with Crippen molar-refractivity contribution in [1.82, 2.24) is 0 Å². The summed E-state index contributed by atoms with van der Waals surface area (Å²) in [6, 6.07) is 5.11. The van der Waals surface area contributed by atoms with Gasteiger partial charge in [-0.1, -0.05) is 17.7 Å². The Bertz CT molecular complexity index is 355. The first-order valence-corrected chi connectivity index (χ1v) is 4.84. The maximum Gasteiger partial charge on any atom is 0.306 e. The second kappa shape index (κ2) is 5.58. The summed E-state index contributed by atoms with van der Waals surface area (Å²) >= 11 is 5.89. The predicted molar refractivity (Wildman–Crippen MR) is 57.1 cm³/mol. The molecule has 5 heteroatoms. The molecule has 0 aliphatic rings. The van der Waals surface area contributed by atoms with E-state index in [9.17, 15) is 4.79 Å². The molecule has 1 aromatic carbocycles. The number of halogens is 1. The molecule has 0 radical (unpaired) electrons. The first kappa shape index (κ1) is 11.8. The summed E-state index contributed by atoms with van der Waals surface area (Å²) in [6.45, 7) is 0.502. The molecule has 1 aromatic rings. The van der Waals surface area contributed by atoms with Crippen LogP contribution in [0, 0.1) is 0 Å². The van der Waals surface area contributed by atoms with E-state index in [2.05, 4.69) is 0 Å². The minimum Gasteiger partial charge on any atom is -0.493 e. The van der Waals surface area contributed by atoms with E-state index in [1.807, 2.05) is 0 Å². The lowest BCUT2D eigenvalue weighted by Crippen LogP contribution is -2.05. The van der Waals surface area contributed by atoms with Crippen molar-refractivity contribution in [3.63, 3.8) is 0 Å². The summed E-state index contributed by atoms with van der Waals surface area (Å²) in [4.78, 5) is 10.2. The molecule has 0 saturated heterocycles. The average molecular weight is 230 g/mol. The summed E-state index contributed by atoms with van der Waals surface area (Å²) in [5.74, 6) is -0.335. The molecule has 82 valence electrons. The number of benzene rings is 1. The Morgan fingerprint density at radius 2 is 2.27 bits per heavy atom. The fourth-order valence-corrected chi connectivity index (χ4v) is 1.29. The summed E-state index contributed by atoms with van der Waals surface area (Å²) in [7, 11) is 0. The van der Waals surface area contributed by atoms with Crippen molar-refractivity contribution < 1.29 is 14.6 Å². The normalized spacial score (nSPS) is 10.0. The van der Waals surface area contributed by atoms with Crippen LogP contribution in [0.4, 0.5) is 0 Å². The third kappa shape index (κ3) is 3.77. The van der Waals surface area contributed by atoms with E-state index in [4.69, 9.17) is 27.2 Å². The molecule has 0 aliphatic heterocycles. The number of aliphatic carboxylic acids is 1. The van der Waals surface area contributed by atoms with E-state index in [0.29, 0.717) is 17.3 Å². The van der Waals surface area contributed by atoms with E-state index in [1.165, 1.54) is 0 Å². The second-order valence-corrected chi connectivity index (χ2v) is 3.36. The smallest absolute Gasteiger partial charge is 0.306 e. The number of rotatable bonds is 5. The van der Waals surface area contributed by atoms with E-state index in [0.717, 1.165) is 5.56 Å². The fourth-order valence-electron chi connectivity index (χ4n) is 1.04. The highest BCUT2D eigenvalue weighted by Gasteiger charge is 2.02. The number of hydrogen-bond donors (Lipinski definition) is 2. The summed E-state index contributed by atoms with van der Waals surface area (Å²) < 4.78 is 5.19. The average Bonchev–Trinajstić information content (AvgIpc) is 2.17. The van der Waals surface area contributed by atoms with Crippen molar-refractivity contribution in [3.05, 3.63) is 28.8 Å². The van der Waals surface area contributed by atoms with Gasteiger partial charge in [-0.2, -0.15) is 0 Å². The Balaban J connectivity index is 2.55. The van der Waals surface area contributed by atoms with Crippen LogP contribution in [0.1, 0.15) is 12.0 Å². The zero-order valence-corrected chi connectivity index (χ0v) is 8.83. The molecule has 0 saturated carbocycles. The van der Waals surface area contributed by atoms with Crippen LogP contribution in [0.2, 0.25) is 5.02 Å². The van der Waals surface area contributed by atoms with Gasteiger partial charge in [0.15, 0.2) is 0 Å². The van der Waals surface area contributed by atoms with Crippen LogP contribution >= 0.6 is 11.6 Å². The van der Waals surface area contributed by atoms with Gasteiger partial charge < -0.3 is 15.6 Å². The molecule has 4 nitrogen and oxygen atoms in total. The second-order valence-electron chi connectivity index (χ2n) is 2.95. The molecule has 0 amide bonds. The third-order valence-corrected chi connectivity index (χ3v) is 2.18. The number of carboxylic acids is 1. The van der Waals surface area contributed by atoms with E-state index >= 15 is 0 Å². The standard InChI is InChI=1S/C10H12ClNO3/c11-9-5-8(2-1-7(9)6-12)15-4-3-10(13)14/h1-2,5H,3-4,6,12H2,(H,13,14). The lowest BCUT2D eigenvalue weighted by atomic mass is 10.2. The van der Waals surface area contributed by atoms with Crippen molar-refractivity contribution in [1.29, 1.82) is 0 Å². The Morgan fingerprint density at radius 1 is 1.53 bits per heavy atom. The Labute approximate surface area is 92.6 Å². The van der Waals surface area contributed by atoms with Gasteiger partial charge in [0.1, 0.15) is 5.75 Å². The molecule has 0 aromatic heterocycles. The van der Waals surface area contributed by atoms with Gasteiger partial charge in [-0.25, -0.2) is 0 Å². The summed E-state index contributed by atoms with van der Waals surface area (Å²) in [5, 5.41) is 8.94. The highest BCUT2D eigenvalue weighted by atomic mass is 35.5. The molecule has 0 heterocycles. The van der Waals surface area contributed by atoms with Gasteiger partial charge in [-0.15, -0.1) is 0 Å². The Kier molecular flexibility index (Phi) is 4.39. The highest BCUT2D eigenvalue weighted by Crippen LogP contribution is 2.22. The number of nitrogens with two attached hydrogens (primary N) is 1. The largest absolute Gasteiger partial charge is 0.493 e. The van der Waals surface area contributed by atoms with Crippen molar-refractivity contribution in [2.24, 2.45) is 5.73 Å². The quantitative estimate of drug-likeness (QED) is 0.805. The number of carbonyl (C=O) groups is 1. The van der Waals surface area contributed by atoms with Gasteiger partial charge in [0.2, 0.25) is 0 Å². The number of hydrogen-bond acceptors (Lipinski definition) is 3. The third-order valence-electron chi connectivity index (χ3n) is 1.83. The van der Waals surface area contributed by atoms with Crippen molar-refractivity contribution in [2.75, 3.05) is 6.61 Å². The number of ether oxygens (including phenoxy) is 1. The molecule has 15 heavy (non-hydrogen) atoms.